The van der Waals surface area contributed by atoms with Crippen molar-refractivity contribution in [3.63, 3.8) is 0 Å². The number of fused-ring (bicyclic) bond motifs is 1. The van der Waals surface area contributed by atoms with Crippen LogP contribution >= 0.6 is 0 Å². The monoisotopic (exact) mass is 482 g/mol. The molecule has 1 aliphatic rings. The molecule has 0 fully saturated rings. The Morgan fingerprint density at radius 1 is 1.09 bits per heavy atom. The second-order valence-electron chi connectivity index (χ2n) is 7.60. The Bertz CT molecular complexity index is 1190. The third-order valence-electron chi connectivity index (χ3n) is 5.25. The van der Waals surface area contributed by atoms with Gasteiger partial charge in [0.2, 0.25) is 11.8 Å². The lowest BCUT2D eigenvalue weighted by molar-refractivity contribution is -0.304. The maximum Gasteiger partial charge on any atom is 0.264 e. The fourth-order valence-corrected chi connectivity index (χ4v) is 3.83. The average Bonchev–Trinajstić information content (AvgIpc) is 3.06. The molecular weight excluding hydrogens is 458 g/mol. The van der Waals surface area contributed by atoms with Gasteiger partial charge in [0.1, 0.15) is 0 Å². The molecule has 0 saturated heterocycles. The highest BCUT2D eigenvalue weighted by Gasteiger charge is 2.43. The maximum absolute atomic E-state index is 13.5. The summed E-state index contributed by atoms with van der Waals surface area (Å²) in [4.78, 5) is 62.7. The van der Waals surface area contributed by atoms with Crippen molar-refractivity contribution in [2.24, 2.45) is 0 Å². The number of ether oxygens (including phenoxy) is 2. The van der Waals surface area contributed by atoms with Crippen molar-refractivity contribution < 1.29 is 38.6 Å². The van der Waals surface area contributed by atoms with Crippen molar-refractivity contribution in [3.8, 4) is 11.5 Å². The van der Waals surface area contributed by atoms with Crippen LogP contribution in [-0.2, 0) is 14.4 Å². The highest BCUT2D eigenvalue weighted by molar-refractivity contribution is 6.24. The molecule has 0 radical (unpaired) electrons. The quantitative estimate of drug-likeness (QED) is 0.468. The molecule has 1 atom stereocenters. The Labute approximate surface area is 201 Å². The molecule has 0 saturated carbocycles. The summed E-state index contributed by atoms with van der Waals surface area (Å²) >= 11 is 0. The highest BCUT2D eigenvalue weighted by atomic mass is 16.5. The van der Waals surface area contributed by atoms with Crippen LogP contribution in [0.5, 0.6) is 11.5 Å². The van der Waals surface area contributed by atoms with Crippen LogP contribution in [-0.4, -0.2) is 54.8 Å². The van der Waals surface area contributed by atoms with Gasteiger partial charge in [-0.2, -0.15) is 0 Å². The summed E-state index contributed by atoms with van der Waals surface area (Å²) in [5.41, 5.74) is 0.625. The molecule has 11 heteroatoms. The minimum atomic E-state index is -1.49. The smallest absolute Gasteiger partial charge is 0.264 e. The summed E-state index contributed by atoms with van der Waals surface area (Å²) in [6.07, 6.45) is -0.424. The number of anilines is 1. The van der Waals surface area contributed by atoms with E-state index in [1.807, 2.05) is 0 Å². The van der Waals surface area contributed by atoms with Crippen LogP contribution < -0.4 is 25.2 Å². The van der Waals surface area contributed by atoms with E-state index in [1.165, 1.54) is 32.2 Å². The lowest BCUT2D eigenvalue weighted by Gasteiger charge is -2.27. The van der Waals surface area contributed by atoms with Gasteiger partial charge in [0, 0.05) is 6.92 Å². The minimum absolute atomic E-state index is 0.00591. The van der Waals surface area contributed by atoms with Gasteiger partial charge >= 0.3 is 0 Å². The van der Waals surface area contributed by atoms with E-state index < -0.39 is 48.6 Å². The average molecular weight is 482 g/mol. The minimum Gasteiger partial charge on any atom is -0.548 e. The molecule has 0 spiro atoms. The number of amides is 4. The second-order valence-corrected chi connectivity index (χ2v) is 7.60. The normalized spacial score (nSPS) is 13.2. The van der Waals surface area contributed by atoms with Crippen LogP contribution in [0.4, 0.5) is 5.69 Å². The molecule has 184 valence electrons. The number of imide groups is 1. The largest absolute Gasteiger partial charge is 0.548 e. The van der Waals surface area contributed by atoms with E-state index in [-0.39, 0.29) is 16.8 Å². The zero-order valence-electron chi connectivity index (χ0n) is 19.4. The number of nitrogens with zero attached hydrogens (tertiary/aromatic N) is 1. The zero-order chi connectivity index (χ0) is 25.7. The van der Waals surface area contributed by atoms with Crippen LogP contribution in [0.3, 0.4) is 0 Å². The molecule has 35 heavy (non-hydrogen) atoms. The third kappa shape index (κ3) is 5.40. The fraction of sp³-hybridized carbons (Fsp3) is 0.292. The van der Waals surface area contributed by atoms with Gasteiger partial charge in [-0.05, 0) is 36.8 Å². The summed E-state index contributed by atoms with van der Waals surface area (Å²) in [6, 6.07) is 8.08. The number of carbonyl (C=O) groups excluding carboxylic acids is 5. The molecular formula is C24H24N3O8-. The van der Waals surface area contributed by atoms with E-state index in [9.17, 15) is 29.1 Å². The summed E-state index contributed by atoms with van der Waals surface area (Å²) in [7, 11) is 1.45. The summed E-state index contributed by atoms with van der Waals surface area (Å²) in [5, 5.41) is 15.5. The molecule has 11 nitrogen and oxygen atoms in total. The molecule has 0 aromatic heterocycles. The van der Waals surface area contributed by atoms with Gasteiger partial charge in [0.25, 0.3) is 11.8 Å². The Morgan fingerprint density at radius 3 is 2.46 bits per heavy atom. The van der Waals surface area contributed by atoms with Crippen molar-refractivity contribution in [2.45, 2.75) is 26.3 Å². The molecule has 2 aromatic rings. The van der Waals surface area contributed by atoms with Crippen molar-refractivity contribution in [2.75, 3.05) is 25.6 Å². The van der Waals surface area contributed by atoms with Gasteiger partial charge in [-0.15, -0.1) is 0 Å². The first-order valence-electron chi connectivity index (χ1n) is 10.7. The van der Waals surface area contributed by atoms with Crippen LogP contribution in [0.2, 0.25) is 0 Å². The van der Waals surface area contributed by atoms with Gasteiger partial charge in [-0.25, -0.2) is 0 Å². The van der Waals surface area contributed by atoms with Gasteiger partial charge in [-0.1, -0.05) is 12.1 Å². The Kier molecular flexibility index (Phi) is 7.69. The Hall–Kier alpha value is -4.41. The van der Waals surface area contributed by atoms with Gasteiger partial charge in [0.05, 0.1) is 55.5 Å². The number of hydrogen-bond donors (Lipinski definition) is 2. The number of hydrogen-bond acceptors (Lipinski definition) is 8. The number of aliphatic carboxylic acids is 1. The molecule has 1 unspecified atom stereocenters. The van der Waals surface area contributed by atoms with Crippen LogP contribution in [0.15, 0.2) is 36.4 Å². The Balaban J connectivity index is 2.07. The van der Waals surface area contributed by atoms with Gasteiger partial charge < -0.3 is 30.0 Å². The number of carbonyl (C=O) groups is 5. The molecule has 3 rings (SSSR count). The standard InChI is InChI=1S/C24H25N3O8/c1-4-35-19-10-14(8-9-18(19)34-3)17(11-20(29)25-12-21(30)31)27-23(32)15-6-5-7-16(26-13(2)28)22(15)24(27)33/h5-10,17H,4,11-12H2,1-3H3,(H,25,29)(H,26,28)(H,30,31)/p-1. The van der Waals surface area contributed by atoms with E-state index in [0.717, 1.165) is 4.90 Å². The van der Waals surface area contributed by atoms with E-state index in [1.54, 1.807) is 25.1 Å². The number of carboxylic acids is 1. The summed E-state index contributed by atoms with van der Waals surface area (Å²) in [5.74, 6) is -3.25. The predicted molar refractivity (Wildman–Crippen MR) is 121 cm³/mol. The van der Waals surface area contributed by atoms with Crippen LogP contribution in [0.25, 0.3) is 0 Å². The fourth-order valence-electron chi connectivity index (χ4n) is 3.83. The molecule has 0 bridgehead atoms. The molecule has 0 aliphatic carbocycles. The molecule has 1 aliphatic heterocycles. The van der Waals surface area contributed by atoms with E-state index in [2.05, 4.69) is 10.6 Å². The van der Waals surface area contributed by atoms with Gasteiger partial charge in [0.15, 0.2) is 11.5 Å². The second kappa shape index (κ2) is 10.7. The molecule has 4 amide bonds. The third-order valence-corrected chi connectivity index (χ3v) is 5.25. The lowest BCUT2D eigenvalue weighted by atomic mass is 10.0. The van der Waals surface area contributed by atoms with Crippen LogP contribution in [0, 0.1) is 0 Å². The van der Waals surface area contributed by atoms with E-state index in [0.29, 0.717) is 23.7 Å². The van der Waals surface area contributed by atoms with Crippen molar-refractivity contribution in [1.82, 2.24) is 10.2 Å². The summed E-state index contributed by atoms with van der Waals surface area (Å²) in [6.45, 7) is 2.62. The first-order valence-corrected chi connectivity index (χ1v) is 10.7. The molecule has 2 N–H and O–H groups in total. The van der Waals surface area contributed by atoms with Crippen LogP contribution in [0.1, 0.15) is 52.6 Å². The SMILES string of the molecule is CCOc1cc(C(CC(=O)NCC(=O)[O-])N2C(=O)c3cccc(NC(C)=O)c3C2=O)ccc1OC. The number of benzene rings is 2. The zero-order valence-corrected chi connectivity index (χ0v) is 19.4. The van der Waals surface area contributed by atoms with E-state index in [4.69, 9.17) is 9.47 Å². The summed E-state index contributed by atoms with van der Waals surface area (Å²) < 4.78 is 10.9. The highest BCUT2D eigenvalue weighted by Crippen LogP contribution is 2.39. The first kappa shape index (κ1) is 25.2. The Morgan fingerprint density at radius 2 is 1.83 bits per heavy atom. The number of nitrogens with one attached hydrogen (secondary N) is 2. The van der Waals surface area contributed by atoms with Gasteiger partial charge in [-0.3, -0.25) is 24.1 Å². The molecule has 2 aromatic carbocycles. The maximum atomic E-state index is 13.5. The van der Waals surface area contributed by atoms with E-state index >= 15 is 0 Å². The number of methoxy groups -OCH3 is 1. The lowest BCUT2D eigenvalue weighted by Crippen LogP contribution is -2.41. The van der Waals surface area contributed by atoms with Crippen molar-refractivity contribution in [1.29, 1.82) is 0 Å². The van der Waals surface area contributed by atoms with Crippen molar-refractivity contribution >= 4 is 35.3 Å². The predicted octanol–water partition coefficient (Wildman–Crippen LogP) is 0.646. The number of carboxylic acid groups (broad SMARTS) is 1. The number of rotatable bonds is 10. The van der Waals surface area contributed by atoms with Crippen molar-refractivity contribution in [3.05, 3.63) is 53.1 Å². The first-order chi connectivity index (χ1) is 16.7. The molecule has 1 heterocycles. The topological polar surface area (TPSA) is 154 Å².